The molecule has 0 aromatic carbocycles. The van der Waals surface area contributed by atoms with Crippen LogP contribution in [0, 0.1) is 17.8 Å². The Hall–Kier alpha value is -1.07. The average Bonchev–Trinajstić information content (AvgIpc) is 2.97. The Bertz CT molecular complexity index is 508. The van der Waals surface area contributed by atoms with Crippen molar-refractivity contribution in [3.8, 4) is 0 Å². The summed E-state index contributed by atoms with van der Waals surface area (Å²) in [6, 6.07) is 3.70. The van der Waals surface area contributed by atoms with E-state index in [0.717, 1.165) is 41.9 Å². The lowest BCUT2D eigenvalue weighted by molar-refractivity contribution is -0.0136. The normalized spacial score (nSPS) is 37.0. The number of hydrogen-bond acceptors (Lipinski definition) is 3. The number of nitrogens with one attached hydrogen (secondary N) is 2. The van der Waals surface area contributed by atoms with E-state index in [0.29, 0.717) is 0 Å². The summed E-state index contributed by atoms with van der Waals surface area (Å²) in [5, 5.41) is 18.1. The third-order valence-electron chi connectivity index (χ3n) is 5.74. The van der Waals surface area contributed by atoms with Crippen molar-refractivity contribution in [1.29, 1.82) is 0 Å². The Morgan fingerprint density at radius 1 is 1.27 bits per heavy atom. The molecule has 4 aliphatic rings. The molecule has 1 aromatic rings. The van der Waals surface area contributed by atoms with Gasteiger partial charge in [0.05, 0.1) is 6.54 Å². The third kappa shape index (κ3) is 2.76. The number of hydrogen-bond donors (Lipinski definition) is 3. The molecule has 4 fully saturated rings. The molecule has 0 unspecified atom stereocenters. The molecule has 0 saturated heterocycles. The van der Waals surface area contributed by atoms with Crippen LogP contribution in [0.25, 0.3) is 0 Å². The lowest BCUT2D eigenvalue weighted by Crippen LogP contribution is -2.61. The second-order valence-corrected chi connectivity index (χ2v) is 8.54. The molecule has 120 valence electrons. The second kappa shape index (κ2) is 5.53. The smallest absolute Gasteiger partial charge is 0.315 e. The Morgan fingerprint density at radius 2 is 1.91 bits per heavy atom. The van der Waals surface area contributed by atoms with E-state index in [2.05, 4.69) is 10.6 Å². The molecule has 0 spiro atoms. The second-order valence-electron chi connectivity index (χ2n) is 7.56. The van der Waals surface area contributed by atoms with E-state index < -0.39 is 6.10 Å². The maximum atomic E-state index is 12.3. The van der Waals surface area contributed by atoms with Gasteiger partial charge in [0.1, 0.15) is 6.10 Å². The van der Waals surface area contributed by atoms with Gasteiger partial charge in [0.2, 0.25) is 0 Å². The number of aliphatic hydroxyl groups excluding tert-OH is 1. The van der Waals surface area contributed by atoms with Gasteiger partial charge in [-0.3, -0.25) is 0 Å². The predicted molar refractivity (Wildman–Crippen MR) is 86.7 cm³/mol. The van der Waals surface area contributed by atoms with Crippen LogP contribution in [0.3, 0.4) is 0 Å². The van der Waals surface area contributed by atoms with Gasteiger partial charge in [-0.1, -0.05) is 6.07 Å². The molecule has 1 atom stereocenters. The zero-order chi connectivity index (χ0) is 15.2. The van der Waals surface area contributed by atoms with Crippen LogP contribution in [-0.4, -0.2) is 23.2 Å². The summed E-state index contributed by atoms with van der Waals surface area (Å²) in [4.78, 5) is 13.2. The Balaban J connectivity index is 1.32. The summed E-state index contributed by atoms with van der Waals surface area (Å²) in [7, 11) is 0. The number of thiophene rings is 1. The van der Waals surface area contributed by atoms with Gasteiger partial charge >= 0.3 is 6.03 Å². The van der Waals surface area contributed by atoms with E-state index in [4.69, 9.17) is 0 Å². The van der Waals surface area contributed by atoms with Crippen LogP contribution in [0.15, 0.2) is 17.5 Å². The van der Waals surface area contributed by atoms with Gasteiger partial charge in [-0.15, -0.1) is 11.3 Å². The molecule has 4 nitrogen and oxygen atoms in total. The maximum absolute atomic E-state index is 12.3. The average molecular weight is 320 g/mol. The van der Waals surface area contributed by atoms with Crippen LogP contribution in [-0.2, 0) is 0 Å². The molecule has 5 rings (SSSR count). The van der Waals surface area contributed by atoms with Crippen LogP contribution in [0.2, 0.25) is 0 Å². The minimum absolute atomic E-state index is 0.0344. The minimum atomic E-state index is -0.609. The highest BCUT2D eigenvalue weighted by atomic mass is 32.1. The molecule has 22 heavy (non-hydrogen) atoms. The van der Waals surface area contributed by atoms with E-state index in [1.807, 2.05) is 17.5 Å². The highest BCUT2D eigenvalue weighted by Crippen LogP contribution is 2.55. The SMILES string of the molecule is O=C(NC[C@H](O)c1cccs1)NC12CC3CC(CC(C3)C1)C2. The van der Waals surface area contributed by atoms with E-state index >= 15 is 0 Å². The van der Waals surface area contributed by atoms with Gasteiger partial charge in [-0.2, -0.15) is 0 Å². The van der Waals surface area contributed by atoms with Crippen LogP contribution in [0.4, 0.5) is 4.79 Å². The molecule has 2 amide bonds. The largest absolute Gasteiger partial charge is 0.386 e. The van der Waals surface area contributed by atoms with Crippen LogP contribution in [0.5, 0.6) is 0 Å². The number of carbonyl (C=O) groups excluding carboxylic acids is 1. The number of amides is 2. The quantitative estimate of drug-likeness (QED) is 0.798. The maximum Gasteiger partial charge on any atom is 0.315 e. The van der Waals surface area contributed by atoms with Gasteiger partial charge in [0, 0.05) is 10.4 Å². The van der Waals surface area contributed by atoms with Crippen molar-refractivity contribution in [2.45, 2.75) is 50.2 Å². The predicted octanol–water partition coefficient (Wildman–Crippen LogP) is 3.05. The topological polar surface area (TPSA) is 61.4 Å². The third-order valence-corrected chi connectivity index (χ3v) is 6.72. The van der Waals surface area contributed by atoms with E-state index in [1.165, 1.54) is 30.6 Å². The first-order valence-corrected chi connectivity index (χ1v) is 9.27. The lowest BCUT2D eigenvalue weighted by atomic mass is 9.53. The van der Waals surface area contributed by atoms with Gasteiger partial charge in [-0.25, -0.2) is 4.79 Å². The van der Waals surface area contributed by atoms with Gasteiger partial charge in [-0.05, 0) is 67.7 Å². The van der Waals surface area contributed by atoms with Crippen LogP contribution in [0.1, 0.15) is 49.5 Å². The molecule has 3 N–H and O–H groups in total. The minimum Gasteiger partial charge on any atom is -0.386 e. The van der Waals surface area contributed by atoms with Gasteiger partial charge < -0.3 is 15.7 Å². The van der Waals surface area contributed by atoms with E-state index in [9.17, 15) is 9.90 Å². The zero-order valence-electron chi connectivity index (χ0n) is 12.8. The van der Waals surface area contributed by atoms with Crippen LogP contribution < -0.4 is 10.6 Å². The van der Waals surface area contributed by atoms with Crippen molar-refractivity contribution in [2.75, 3.05) is 6.54 Å². The Morgan fingerprint density at radius 3 is 2.45 bits per heavy atom. The number of aliphatic hydroxyl groups is 1. The van der Waals surface area contributed by atoms with Crippen molar-refractivity contribution in [2.24, 2.45) is 17.8 Å². The fourth-order valence-corrected chi connectivity index (χ4v) is 6.03. The fraction of sp³-hybridized carbons (Fsp3) is 0.706. The lowest BCUT2D eigenvalue weighted by Gasteiger charge is -2.56. The van der Waals surface area contributed by atoms with Gasteiger partial charge in [0.25, 0.3) is 0 Å². The number of carbonyl (C=O) groups is 1. The van der Waals surface area contributed by atoms with E-state index in [-0.39, 0.29) is 18.1 Å². The monoisotopic (exact) mass is 320 g/mol. The fourth-order valence-electron chi connectivity index (χ4n) is 5.32. The molecular formula is C17H24N2O2S. The summed E-state index contributed by atoms with van der Waals surface area (Å²) < 4.78 is 0. The summed E-state index contributed by atoms with van der Waals surface area (Å²) >= 11 is 1.52. The summed E-state index contributed by atoms with van der Waals surface area (Å²) in [6.07, 6.45) is 6.97. The van der Waals surface area contributed by atoms with Crippen molar-refractivity contribution >= 4 is 17.4 Å². The molecule has 1 heterocycles. The zero-order valence-corrected chi connectivity index (χ0v) is 13.6. The van der Waals surface area contributed by atoms with Crippen LogP contribution >= 0.6 is 11.3 Å². The van der Waals surface area contributed by atoms with Crippen molar-refractivity contribution in [3.63, 3.8) is 0 Å². The highest BCUT2D eigenvalue weighted by molar-refractivity contribution is 7.10. The first-order valence-electron chi connectivity index (χ1n) is 8.39. The molecular weight excluding hydrogens is 296 g/mol. The molecule has 4 saturated carbocycles. The van der Waals surface area contributed by atoms with E-state index in [1.54, 1.807) is 0 Å². The number of rotatable bonds is 4. The molecule has 5 heteroatoms. The Labute approximate surface area is 135 Å². The van der Waals surface area contributed by atoms with Gasteiger partial charge in [0.15, 0.2) is 0 Å². The standard InChI is InChI=1S/C17H24N2O2S/c20-14(15-2-1-3-22-15)10-18-16(21)19-17-7-11-4-12(8-17)6-13(5-11)9-17/h1-3,11-14,20H,4-10H2,(H2,18,19,21)/t11?,12?,13?,14-,17?/m0/s1. The molecule has 4 bridgehead atoms. The molecule has 4 aliphatic carbocycles. The van der Waals surface area contributed by atoms with Crippen molar-refractivity contribution < 1.29 is 9.90 Å². The first-order chi connectivity index (χ1) is 10.6. The summed E-state index contributed by atoms with van der Waals surface area (Å²) in [5.41, 5.74) is 0.0344. The molecule has 0 radical (unpaired) electrons. The first kappa shape index (κ1) is 14.5. The van der Waals surface area contributed by atoms with Crippen molar-refractivity contribution in [3.05, 3.63) is 22.4 Å². The summed E-state index contributed by atoms with van der Waals surface area (Å²) in [5.74, 6) is 2.47. The van der Waals surface area contributed by atoms with Crippen molar-refractivity contribution in [1.82, 2.24) is 10.6 Å². The Kier molecular flexibility index (Phi) is 3.65. The summed E-state index contributed by atoms with van der Waals surface area (Å²) in [6.45, 7) is 0.277. The molecule has 0 aliphatic heterocycles. The molecule has 1 aromatic heterocycles. The highest BCUT2D eigenvalue weighted by Gasteiger charge is 2.51. The number of urea groups is 1.